The van der Waals surface area contributed by atoms with Gasteiger partial charge in [0.2, 0.25) is 0 Å². The lowest BCUT2D eigenvalue weighted by molar-refractivity contribution is -0.873. The number of ether oxygens (including phenoxy) is 1. The topological polar surface area (TPSA) is 124 Å². The van der Waals surface area contributed by atoms with Crippen molar-refractivity contribution < 1.29 is 38.9 Å². The van der Waals surface area contributed by atoms with Gasteiger partial charge in [0, 0.05) is 25.2 Å². The number of nitrogens with zero attached hydrogens (tertiary/aromatic N) is 1. The second kappa shape index (κ2) is 13.5. The smallest absolute Gasteiger partial charge is 0.306 e. The number of quaternary nitrogens is 1. The fourth-order valence-corrected chi connectivity index (χ4v) is 2.82. The number of carbonyl (C=O) groups is 3. The molecule has 0 rings (SSSR count). The fourth-order valence-electron chi connectivity index (χ4n) is 2.82. The maximum Gasteiger partial charge on any atom is 0.306 e. The highest BCUT2D eigenvalue weighted by Crippen LogP contribution is 2.13. The van der Waals surface area contributed by atoms with Crippen molar-refractivity contribution in [3.8, 4) is 0 Å². The zero-order valence-electron chi connectivity index (χ0n) is 16.8. The first kappa shape index (κ1) is 25.3. The van der Waals surface area contributed by atoms with E-state index < -0.39 is 30.1 Å². The van der Waals surface area contributed by atoms with E-state index in [1.807, 2.05) is 21.1 Å². The zero-order chi connectivity index (χ0) is 20.9. The second-order valence-electron chi connectivity index (χ2n) is 8.05. The molecule has 0 radical (unpaired) electrons. The maximum absolute atomic E-state index is 11.9. The van der Waals surface area contributed by atoms with Gasteiger partial charge in [0.15, 0.2) is 6.10 Å². The van der Waals surface area contributed by atoms with Crippen LogP contribution in [0.1, 0.15) is 64.2 Å². The van der Waals surface area contributed by atoms with Crippen molar-refractivity contribution in [3.05, 3.63) is 0 Å². The van der Waals surface area contributed by atoms with Gasteiger partial charge in [0.05, 0.1) is 27.2 Å². The van der Waals surface area contributed by atoms with Gasteiger partial charge in [0.25, 0.3) is 0 Å². The molecule has 0 spiro atoms. The molecular formula is C19H35NO7. The summed E-state index contributed by atoms with van der Waals surface area (Å²) in [7, 11) is 5.65. The van der Waals surface area contributed by atoms with Gasteiger partial charge in [-0.15, -0.1) is 0 Å². The first-order valence-corrected chi connectivity index (χ1v) is 9.59. The normalized spacial score (nSPS) is 13.8. The molecule has 2 N–H and O–H groups in total. The van der Waals surface area contributed by atoms with Crippen LogP contribution in [0.4, 0.5) is 0 Å². The standard InChI is InChI=1S/C19H35NO7/c1-20(2,3)14-16(13-18(24)25)27-19(26)12-8-10-15(21)9-6-4-5-7-11-17(22)23/h15-16,21H,4-14H2,1-3H3,(H-,22,23,24,25). The molecule has 0 aromatic rings. The number of esters is 1. The van der Waals surface area contributed by atoms with Crippen LogP contribution in [-0.2, 0) is 19.1 Å². The third-order valence-corrected chi connectivity index (χ3v) is 4.04. The number of likely N-dealkylation sites (N-methyl/N-ethyl adjacent to an activating group) is 1. The Morgan fingerprint density at radius 1 is 0.963 bits per heavy atom. The van der Waals surface area contributed by atoms with E-state index in [1.165, 1.54) is 0 Å². The number of carbonyl (C=O) groups excluding carboxylic acids is 2. The molecule has 0 fully saturated rings. The van der Waals surface area contributed by atoms with Crippen LogP contribution in [0.25, 0.3) is 0 Å². The van der Waals surface area contributed by atoms with E-state index in [-0.39, 0.29) is 19.3 Å². The predicted molar refractivity (Wildman–Crippen MR) is 97.6 cm³/mol. The molecule has 0 heterocycles. The predicted octanol–water partition coefficient (Wildman–Crippen LogP) is 0.701. The highest BCUT2D eigenvalue weighted by molar-refractivity contribution is 5.70. The number of aliphatic carboxylic acids is 2. The van der Waals surface area contributed by atoms with Crippen molar-refractivity contribution in [1.82, 2.24) is 0 Å². The summed E-state index contributed by atoms with van der Waals surface area (Å²) in [4.78, 5) is 33.1. The molecule has 0 aliphatic carbocycles. The third kappa shape index (κ3) is 17.5. The van der Waals surface area contributed by atoms with E-state index in [0.717, 1.165) is 19.3 Å². The van der Waals surface area contributed by atoms with Crippen LogP contribution in [-0.4, -0.2) is 72.5 Å². The number of rotatable bonds is 16. The minimum atomic E-state index is -1.25. The molecule has 0 aromatic carbocycles. The number of hydrogen-bond acceptors (Lipinski definition) is 6. The molecule has 8 heteroatoms. The molecule has 158 valence electrons. The number of aliphatic hydroxyl groups is 1. The van der Waals surface area contributed by atoms with Crippen LogP contribution in [0.3, 0.4) is 0 Å². The van der Waals surface area contributed by atoms with E-state index in [2.05, 4.69) is 0 Å². The Kier molecular flexibility index (Phi) is 12.7. The lowest BCUT2D eigenvalue weighted by Crippen LogP contribution is -2.45. The Hall–Kier alpha value is -1.67. The Labute approximate surface area is 161 Å². The van der Waals surface area contributed by atoms with E-state index in [4.69, 9.17) is 9.84 Å². The molecule has 0 saturated heterocycles. The van der Waals surface area contributed by atoms with Crippen LogP contribution in [0.2, 0.25) is 0 Å². The largest absolute Gasteiger partial charge is 0.550 e. The first-order valence-electron chi connectivity index (χ1n) is 9.59. The van der Waals surface area contributed by atoms with Crippen LogP contribution in [0, 0.1) is 0 Å². The van der Waals surface area contributed by atoms with Gasteiger partial charge in [-0.3, -0.25) is 9.59 Å². The third-order valence-electron chi connectivity index (χ3n) is 4.04. The lowest BCUT2D eigenvalue weighted by atomic mass is 10.0. The number of aliphatic hydroxyl groups excluding tert-OH is 1. The molecule has 2 unspecified atom stereocenters. The molecule has 0 aromatic heterocycles. The van der Waals surface area contributed by atoms with E-state index in [1.54, 1.807) is 0 Å². The van der Waals surface area contributed by atoms with Gasteiger partial charge < -0.3 is 29.3 Å². The summed E-state index contributed by atoms with van der Waals surface area (Å²) in [5.74, 6) is -2.50. The summed E-state index contributed by atoms with van der Waals surface area (Å²) in [6, 6.07) is 0. The highest BCUT2D eigenvalue weighted by atomic mass is 16.5. The van der Waals surface area contributed by atoms with Crippen molar-refractivity contribution in [1.29, 1.82) is 0 Å². The average molecular weight is 389 g/mol. The van der Waals surface area contributed by atoms with Crippen molar-refractivity contribution >= 4 is 17.9 Å². The van der Waals surface area contributed by atoms with Crippen LogP contribution in [0.5, 0.6) is 0 Å². The number of unbranched alkanes of at least 4 members (excludes halogenated alkanes) is 3. The van der Waals surface area contributed by atoms with Gasteiger partial charge in [-0.05, 0) is 25.7 Å². The summed E-state index contributed by atoms with van der Waals surface area (Å²) in [6.45, 7) is 0.379. The summed E-state index contributed by atoms with van der Waals surface area (Å²) in [6.07, 6.45) is 3.52. The Morgan fingerprint density at radius 3 is 2.11 bits per heavy atom. The van der Waals surface area contributed by atoms with Crippen molar-refractivity contribution in [2.75, 3.05) is 27.7 Å². The van der Waals surface area contributed by atoms with Crippen molar-refractivity contribution in [2.45, 2.75) is 76.4 Å². The highest BCUT2D eigenvalue weighted by Gasteiger charge is 2.22. The van der Waals surface area contributed by atoms with Crippen LogP contribution < -0.4 is 5.11 Å². The van der Waals surface area contributed by atoms with Gasteiger partial charge in [-0.2, -0.15) is 0 Å². The molecule has 27 heavy (non-hydrogen) atoms. The van der Waals surface area contributed by atoms with Gasteiger partial charge >= 0.3 is 11.9 Å². The molecular weight excluding hydrogens is 354 g/mol. The molecule has 0 amide bonds. The Bertz CT molecular complexity index is 459. The van der Waals surface area contributed by atoms with Crippen molar-refractivity contribution in [2.24, 2.45) is 0 Å². The van der Waals surface area contributed by atoms with Crippen LogP contribution in [0.15, 0.2) is 0 Å². The molecule has 0 aliphatic heterocycles. The summed E-state index contributed by atoms with van der Waals surface area (Å²) >= 11 is 0. The molecule has 0 aliphatic rings. The van der Waals surface area contributed by atoms with Gasteiger partial charge in [0.1, 0.15) is 6.54 Å². The fraction of sp³-hybridized carbons (Fsp3) is 0.842. The Balaban J connectivity index is 3.94. The zero-order valence-corrected chi connectivity index (χ0v) is 16.8. The van der Waals surface area contributed by atoms with Gasteiger partial charge in [-0.25, -0.2) is 0 Å². The number of carboxylic acid groups (broad SMARTS) is 2. The molecule has 0 bridgehead atoms. The average Bonchev–Trinajstić information content (AvgIpc) is 2.47. The summed E-state index contributed by atoms with van der Waals surface area (Å²) < 4.78 is 5.73. The molecule has 8 nitrogen and oxygen atoms in total. The second-order valence-corrected chi connectivity index (χ2v) is 8.05. The Morgan fingerprint density at radius 2 is 1.56 bits per heavy atom. The van der Waals surface area contributed by atoms with E-state index in [0.29, 0.717) is 36.7 Å². The molecule has 2 atom stereocenters. The van der Waals surface area contributed by atoms with E-state index >= 15 is 0 Å². The van der Waals surface area contributed by atoms with Crippen molar-refractivity contribution in [3.63, 3.8) is 0 Å². The van der Waals surface area contributed by atoms with Crippen LogP contribution >= 0.6 is 0 Å². The molecule has 0 saturated carbocycles. The number of carboxylic acids is 2. The first-order chi connectivity index (χ1) is 12.5. The quantitative estimate of drug-likeness (QED) is 0.226. The monoisotopic (exact) mass is 389 g/mol. The maximum atomic E-state index is 11.9. The lowest BCUT2D eigenvalue weighted by Gasteiger charge is -2.29. The minimum Gasteiger partial charge on any atom is -0.550 e. The van der Waals surface area contributed by atoms with E-state index in [9.17, 15) is 24.6 Å². The number of hydrogen-bond donors (Lipinski definition) is 2. The SMILES string of the molecule is C[N+](C)(C)CC(CC(=O)[O-])OC(=O)CCCC(O)CCCCCCC(=O)O. The minimum absolute atomic E-state index is 0.135. The summed E-state index contributed by atoms with van der Waals surface area (Å²) in [5, 5.41) is 29.3. The van der Waals surface area contributed by atoms with Gasteiger partial charge in [-0.1, -0.05) is 19.3 Å². The summed E-state index contributed by atoms with van der Waals surface area (Å²) in [5.41, 5.74) is 0.